The van der Waals surface area contributed by atoms with E-state index in [4.69, 9.17) is 5.41 Å². The molecule has 0 aromatic rings. The Labute approximate surface area is 67.0 Å². The molecule has 62 valence electrons. The van der Waals surface area contributed by atoms with E-state index in [1.54, 1.807) is 7.05 Å². The first-order valence-corrected chi connectivity index (χ1v) is 3.68. The Balaban J connectivity index is 4.13. The SMILES string of the molecule is CCCC(=O)/C(=C/C=N)NC. The van der Waals surface area contributed by atoms with Crippen LogP contribution in [0.25, 0.3) is 0 Å². The maximum Gasteiger partial charge on any atom is 0.178 e. The number of allylic oxidation sites excluding steroid dienone is 2. The van der Waals surface area contributed by atoms with Gasteiger partial charge in [0.2, 0.25) is 0 Å². The maximum absolute atomic E-state index is 11.1. The Morgan fingerprint density at radius 3 is 2.64 bits per heavy atom. The van der Waals surface area contributed by atoms with Crippen molar-refractivity contribution in [2.24, 2.45) is 0 Å². The van der Waals surface area contributed by atoms with Crippen molar-refractivity contribution in [1.29, 1.82) is 5.41 Å². The largest absolute Gasteiger partial charge is 0.385 e. The van der Waals surface area contributed by atoms with Crippen molar-refractivity contribution in [3.63, 3.8) is 0 Å². The third kappa shape index (κ3) is 3.55. The summed E-state index contributed by atoms with van der Waals surface area (Å²) < 4.78 is 0. The van der Waals surface area contributed by atoms with Crippen LogP contribution in [0.2, 0.25) is 0 Å². The number of carbonyl (C=O) groups is 1. The Morgan fingerprint density at radius 1 is 1.64 bits per heavy atom. The van der Waals surface area contributed by atoms with E-state index in [0.717, 1.165) is 12.6 Å². The molecule has 0 unspecified atom stereocenters. The number of hydrogen-bond donors (Lipinski definition) is 2. The highest BCUT2D eigenvalue weighted by molar-refractivity contribution is 5.97. The fourth-order valence-electron chi connectivity index (χ4n) is 0.761. The summed E-state index contributed by atoms with van der Waals surface area (Å²) in [5.74, 6) is 0.0681. The van der Waals surface area contributed by atoms with Crippen molar-refractivity contribution in [2.75, 3.05) is 7.05 Å². The Hall–Kier alpha value is -1.12. The third-order valence-corrected chi connectivity index (χ3v) is 1.30. The van der Waals surface area contributed by atoms with Crippen molar-refractivity contribution in [2.45, 2.75) is 19.8 Å². The molecule has 0 amide bonds. The zero-order valence-electron chi connectivity index (χ0n) is 6.98. The van der Waals surface area contributed by atoms with Gasteiger partial charge in [-0.05, 0) is 12.5 Å². The lowest BCUT2D eigenvalue weighted by atomic mass is 10.2. The smallest absolute Gasteiger partial charge is 0.178 e. The summed E-state index contributed by atoms with van der Waals surface area (Å²) in [6.45, 7) is 1.95. The summed E-state index contributed by atoms with van der Waals surface area (Å²) in [7, 11) is 1.68. The Bertz CT molecular complexity index is 173. The summed E-state index contributed by atoms with van der Waals surface area (Å²) in [4.78, 5) is 11.1. The second-order valence-electron chi connectivity index (χ2n) is 2.17. The normalized spacial score (nSPS) is 10.9. The Morgan fingerprint density at radius 2 is 2.27 bits per heavy atom. The van der Waals surface area contributed by atoms with E-state index >= 15 is 0 Å². The second-order valence-corrected chi connectivity index (χ2v) is 2.17. The van der Waals surface area contributed by atoms with Crippen LogP contribution in [0.4, 0.5) is 0 Å². The first kappa shape index (κ1) is 9.88. The number of rotatable bonds is 5. The Kier molecular flexibility index (Phi) is 5.07. The van der Waals surface area contributed by atoms with Crippen molar-refractivity contribution >= 4 is 12.0 Å². The fourth-order valence-corrected chi connectivity index (χ4v) is 0.761. The number of nitrogens with one attached hydrogen (secondary N) is 2. The van der Waals surface area contributed by atoms with Crippen LogP contribution in [0.3, 0.4) is 0 Å². The van der Waals surface area contributed by atoms with Gasteiger partial charge in [-0.1, -0.05) is 6.92 Å². The molecule has 0 spiro atoms. The van der Waals surface area contributed by atoms with Gasteiger partial charge >= 0.3 is 0 Å². The predicted octanol–water partition coefficient (Wildman–Crippen LogP) is 1.11. The van der Waals surface area contributed by atoms with Crippen molar-refractivity contribution in [3.8, 4) is 0 Å². The molecule has 3 heteroatoms. The van der Waals surface area contributed by atoms with E-state index in [0.29, 0.717) is 12.1 Å². The minimum Gasteiger partial charge on any atom is -0.385 e. The van der Waals surface area contributed by atoms with Crippen LogP contribution in [-0.4, -0.2) is 19.0 Å². The molecule has 0 rings (SSSR count). The van der Waals surface area contributed by atoms with E-state index in [1.165, 1.54) is 6.08 Å². The maximum atomic E-state index is 11.1. The minimum atomic E-state index is 0.0681. The predicted molar refractivity (Wildman–Crippen MR) is 45.8 cm³/mol. The van der Waals surface area contributed by atoms with E-state index < -0.39 is 0 Å². The monoisotopic (exact) mass is 154 g/mol. The molecule has 0 aliphatic heterocycles. The summed E-state index contributed by atoms with van der Waals surface area (Å²) in [5, 5.41) is 9.52. The van der Waals surface area contributed by atoms with Gasteiger partial charge in [0.25, 0.3) is 0 Å². The molecule has 0 heterocycles. The van der Waals surface area contributed by atoms with Gasteiger partial charge in [-0.3, -0.25) is 4.79 Å². The summed E-state index contributed by atoms with van der Waals surface area (Å²) in [6.07, 6.45) is 3.97. The lowest BCUT2D eigenvalue weighted by Crippen LogP contribution is -2.15. The molecule has 11 heavy (non-hydrogen) atoms. The van der Waals surface area contributed by atoms with Gasteiger partial charge in [0.15, 0.2) is 5.78 Å². The van der Waals surface area contributed by atoms with Crippen LogP contribution in [0.1, 0.15) is 19.8 Å². The molecule has 0 aromatic heterocycles. The van der Waals surface area contributed by atoms with Gasteiger partial charge in [-0.2, -0.15) is 0 Å². The molecule has 0 bridgehead atoms. The molecule has 0 saturated heterocycles. The number of hydrogen-bond acceptors (Lipinski definition) is 3. The zero-order chi connectivity index (χ0) is 8.69. The molecule has 0 aliphatic carbocycles. The van der Waals surface area contributed by atoms with Crippen LogP contribution >= 0.6 is 0 Å². The zero-order valence-corrected chi connectivity index (χ0v) is 6.98. The van der Waals surface area contributed by atoms with Crippen LogP contribution in [0.5, 0.6) is 0 Å². The number of Topliss-reactive ketones (excluding diaryl/α,β-unsaturated/α-hetero) is 1. The highest BCUT2D eigenvalue weighted by Crippen LogP contribution is 1.97. The molecule has 3 nitrogen and oxygen atoms in total. The molecule has 0 saturated carbocycles. The molecule has 0 fully saturated rings. The van der Waals surface area contributed by atoms with Crippen LogP contribution in [0, 0.1) is 5.41 Å². The van der Waals surface area contributed by atoms with E-state index in [2.05, 4.69) is 5.32 Å². The topological polar surface area (TPSA) is 53.0 Å². The quantitative estimate of drug-likeness (QED) is 0.460. The molecule has 0 aliphatic rings. The van der Waals surface area contributed by atoms with Gasteiger partial charge in [0.1, 0.15) is 0 Å². The number of ketones is 1. The first-order chi connectivity index (χ1) is 5.26. The molecular formula is C8H14N2O. The van der Waals surface area contributed by atoms with Gasteiger partial charge in [0.05, 0.1) is 5.70 Å². The van der Waals surface area contributed by atoms with Crippen molar-refractivity contribution in [1.82, 2.24) is 5.32 Å². The molecule has 0 atom stereocenters. The van der Waals surface area contributed by atoms with Gasteiger partial charge < -0.3 is 10.7 Å². The van der Waals surface area contributed by atoms with Gasteiger partial charge in [-0.25, -0.2) is 0 Å². The van der Waals surface area contributed by atoms with Crippen LogP contribution < -0.4 is 5.32 Å². The van der Waals surface area contributed by atoms with Gasteiger partial charge in [-0.15, -0.1) is 0 Å². The summed E-state index contributed by atoms with van der Waals surface area (Å²) in [6, 6.07) is 0. The average molecular weight is 154 g/mol. The standard InChI is InChI=1S/C8H14N2O/c1-3-4-8(11)7(10-2)5-6-9/h5-6,9-10H,3-4H2,1-2H3/b7-5-,9-6?. The second kappa shape index (κ2) is 5.65. The summed E-state index contributed by atoms with van der Waals surface area (Å²) >= 11 is 0. The van der Waals surface area contributed by atoms with Gasteiger partial charge in [0, 0.05) is 19.7 Å². The van der Waals surface area contributed by atoms with E-state index in [-0.39, 0.29) is 5.78 Å². The molecule has 0 radical (unpaired) electrons. The van der Waals surface area contributed by atoms with Crippen LogP contribution in [0.15, 0.2) is 11.8 Å². The highest BCUT2D eigenvalue weighted by atomic mass is 16.1. The highest BCUT2D eigenvalue weighted by Gasteiger charge is 2.03. The number of carbonyl (C=O) groups excluding carboxylic acids is 1. The fraction of sp³-hybridized carbons (Fsp3) is 0.500. The molecule has 2 N–H and O–H groups in total. The van der Waals surface area contributed by atoms with Crippen molar-refractivity contribution < 1.29 is 4.79 Å². The average Bonchev–Trinajstić information content (AvgIpc) is 2.00. The number of likely N-dealkylation sites (N-methyl/N-ethyl adjacent to an activating group) is 1. The van der Waals surface area contributed by atoms with Crippen molar-refractivity contribution in [3.05, 3.63) is 11.8 Å². The lowest BCUT2D eigenvalue weighted by molar-refractivity contribution is -0.115. The van der Waals surface area contributed by atoms with E-state index in [9.17, 15) is 4.79 Å². The first-order valence-electron chi connectivity index (χ1n) is 3.68. The third-order valence-electron chi connectivity index (χ3n) is 1.30. The molecule has 0 aromatic carbocycles. The summed E-state index contributed by atoms with van der Waals surface area (Å²) in [5.41, 5.74) is 0.516. The van der Waals surface area contributed by atoms with E-state index in [1.807, 2.05) is 6.92 Å². The van der Waals surface area contributed by atoms with Crippen LogP contribution in [-0.2, 0) is 4.79 Å². The minimum absolute atomic E-state index is 0.0681. The lowest BCUT2D eigenvalue weighted by Gasteiger charge is -2.01. The molecular weight excluding hydrogens is 140 g/mol.